The standard InChI is InChI=1S/C70H41N5O2/c1-71-60-41-59-58-36-47(43-18-6-2-7-19-43)32-35-61(58)75(62(59)42-55(60)44-20-8-3-9-21-44)67-56(45-22-10-4-11-23-45)37-50(38-57(67)46-24-12-5-13-25-46)70-73-68(48-30-33-53-51-26-14-16-28-63(51)76-65(53)39-48)72-69(74-70)49-31-34-54-52-27-15-17-29-64(52)77-66(54)40-49/h2-42H. The van der Waals surface area contributed by atoms with E-state index < -0.39 is 0 Å². The molecule has 4 aromatic heterocycles. The van der Waals surface area contributed by atoms with Crippen molar-refractivity contribution in [2.24, 2.45) is 0 Å². The fourth-order valence-electron chi connectivity index (χ4n) is 11.2. The molecule has 0 saturated heterocycles. The molecule has 0 amide bonds. The Bertz CT molecular complexity index is 4670. The van der Waals surface area contributed by atoms with Crippen molar-refractivity contribution in [2.75, 3.05) is 0 Å². The summed E-state index contributed by atoms with van der Waals surface area (Å²) in [7, 11) is 0. The van der Waals surface area contributed by atoms with Crippen LogP contribution >= 0.6 is 0 Å². The summed E-state index contributed by atoms with van der Waals surface area (Å²) in [5.74, 6) is 1.51. The van der Waals surface area contributed by atoms with E-state index in [0.29, 0.717) is 23.2 Å². The van der Waals surface area contributed by atoms with Gasteiger partial charge in [0.05, 0.1) is 23.3 Å². The lowest BCUT2D eigenvalue weighted by Crippen LogP contribution is -2.04. The van der Waals surface area contributed by atoms with E-state index in [1.54, 1.807) is 0 Å². The van der Waals surface area contributed by atoms with Crippen molar-refractivity contribution in [3.8, 4) is 84.4 Å². The minimum atomic E-state index is 0.503. The van der Waals surface area contributed by atoms with Crippen LogP contribution < -0.4 is 0 Å². The number of furan rings is 2. The van der Waals surface area contributed by atoms with Gasteiger partial charge in [0.25, 0.3) is 0 Å². The van der Waals surface area contributed by atoms with Gasteiger partial charge < -0.3 is 13.4 Å². The summed E-state index contributed by atoms with van der Waals surface area (Å²) in [6.07, 6.45) is 0. The van der Waals surface area contributed by atoms with Crippen LogP contribution in [0.5, 0.6) is 0 Å². The highest BCUT2D eigenvalue weighted by molar-refractivity contribution is 6.15. The molecule has 0 unspecified atom stereocenters. The van der Waals surface area contributed by atoms with E-state index in [1.807, 2.05) is 72.8 Å². The topological polar surface area (TPSA) is 74.2 Å². The van der Waals surface area contributed by atoms with Crippen LogP contribution in [0, 0.1) is 6.57 Å². The van der Waals surface area contributed by atoms with Gasteiger partial charge in [-0.2, -0.15) is 0 Å². The van der Waals surface area contributed by atoms with Crippen LogP contribution in [-0.2, 0) is 0 Å². The molecule has 0 saturated carbocycles. The Balaban J connectivity index is 1.03. The third-order valence-corrected chi connectivity index (χ3v) is 14.9. The van der Waals surface area contributed by atoms with Gasteiger partial charge in [-0.1, -0.05) is 176 Å². The molecule has 0 bridgehead atoms. The number of para-hydroxylation sites is 2. The molecular weight excluding hydrogens is 943 g/mol. The third kappa shape index (κ3) is 7.38. The van der Waals surface area contributed by atoms with Crippen LogP contribution in [0.1, 0.15) is 0 Å². The summed E-state index contributed by atoms with van der Waals surface area (Å²) in [5.41, 5.74) is 17.1. The summed E-state index contributed by atoms with van der Waals surface area (Å²) in [6.45, 7) is 8.51. The Morgan fingerprint density at radius 2 is 0.727 bits per heavy atom. The predicted molar refractivity (Wildman–Crippen MR) is 313 cm³/mol. The van der Waals surface area contributed by atoms with Gasteiger partial charge in [-0.15, -0.1) is 0 Å². The van der Waals surface area contributed by atoms with Crippen molar-refractivity contribution in [2.45, 2.75) is 0 Å². The normalized spacial score (nSPS) is 11.6. The predicted octanol–water partition coefficient (Wildman–Crippen LogP) is 19.0. The van der Waals surface area contributed by atoms with Crippen molar-refractivity contribution >= 4 is 71.4 Å². The fourth-order valence-corrected chi connectivity index (χ4v) is 11.2. The molecule has 77 heavy (non-hydrogen) atoms. The molecule has 358 valence electrons. The smallest absolute Gasteiger partial charge is 0.195 e. The SMILES string of the molecule is [C-]#[N+]c1cc2c3cc(-c4ccccc4)ccc3n(-c3c(-c4ccccc4)cc(-c4nc(-c5ccc6c(c5)oc5ccccc56)nc(-c5ccc6c(c5)oc5ccccc56)n4)cc3-c3ccccc3)c2cc1-c1ccccc1. The molecule has 0 aliphatic rings. The molecule has 0 spiro atoms. The number of aromatic nitrogens is 4. The van der Waals surface area contributed by atoms with Gasteiger partial charge in [0.2, 0.25) is 0 Å². The second-order valence-electron chi connectivity index (χ2n) is 19.4. The average Bonchev–Trinajstić information content (AvgIpc) is 4.40. The minimum Gasteiger partial charge on any atom is -0.456 e. The first-order valence-electron chi connectivity index (χ1n) is 25.6. The van der Waals surface area contributed by atoms with E-state index >= 15 is 0 Å². The Labute approximate surface area is 442 Å². The molecule has 11 aromatic carbocycles. The van der Waals surface area contributed by atoms with E-state index in [0.717, 1.165) is 133 Å². The highest BCUT2D eigenvalue weighted by atomic mass is 16.3. The molecule has 4 heterocycles. The number of hydrogen-bond acceptors (Lipinski definition) is 5. The molecule has 0 aliphatic heterocycles. The molecule has 0 N–H and O–H groups in total. The molecule has 15 rings (SSSR count). The zero-order valence-electron chi connectivity index (χ0n) is 41.2. The minimum absolute atomic E-state index is 0.503. The first-order valence-corrected chi connectivity index (χ1v) is 25.6. The summed E-state index contributed by atoms with van der Waals surface area (Å²) in [4.78, 5) is 20.2. The van der Waals surface area contributed by atoms with E-state index in [1.165, 1.54) is 0 Å². The van der Waals surface area contributed by atoms with Gasteiger partial charge in [0.1, 0.15) is 22.3 Å². The van der Waals surface area contributed by atoms with E-state index in [4.69, 9.17) is 30.4 Å². The fraction of sp³-hybridized carbons (Fsp3) is 0. The van der Waals surface area contributed by atoms with Crippen molar-refractivity contribution in [3.63, 3.8) is 0 Å². The number of fused-ring (bicyclic) bond motifs is 9. The van der Waals surface area contributed by atoms with Crippen molar-refractivity contribution in [3.05, 3.63) is 260 Å². The molecule has 15 aromatic rings. The second-order valence-corrected chi connectivity index (χ2v) is 19.4. The average molecular weight is 984 g/mol. The van der Waals surface area contributed by atoms with Gasteiger partial charge in [0.15, 0.2) is 23.2 Å². The zero-order valence-corrected chi connectivity index (χ0v) is 41.2. The van der Waals surface area contributed by atoms with E-state index in [-0.39, 0.29) is 0 Å². The summed E-state index contributed by atoms with van der Waals surface area (Å²) in [6, 6.07) is 85.9. The van der Waals surface area contributed by atoms with Gasteiger partial charge in [-0.25, -0.2) is 19.8 Å². The Morgan fingerprint density at radius 1 is 0.299 bits per heavy atom. The lowest BCUT2D eigenvalue weighted by molar-refractivity contribution is 0.668. The highest BCUT2D eigenvalue weighted by Gasteiger charge is 2.25. The van der Waals surface area contributed by atoms with Gasteiger partial charge in [0, 0.05) is 54.7 Å². The van der Waals surface area contributed by atoms with Crippen LogP contribution in [0.3, 0.4) is 0 Å². The molecule has 0 radical (unpaired) electrons. The van der Waals surface area contributed by atoms with Crippen LogP contribution in [0.2, 0.25) is 0 Å². The molecule has 7 heteroatoms. The monoisotopic (exact) mass is 983 g/mol. The summed E-state index contributed by atoms with van der Waals surface area (Å²) in [5, 5.41) is 6.17. The number of rotatable bonds is 8. The first-order chi connectivity index (χ1) is 38.1. The van der Waals surface area contributed by atoms with Crippen LogP contribution in [-0.4, -0.2) is 19.5 Å². The maximum Gasteiger partial charge on any atom is 0.195 e. The van der Waals surface area contributed by atoms with Crippen molar-refractivity contribution in [1.82, 2.24) is 19.5 Å². The Hall–Kier alpha value is -10.7. The second kappa shape index (κ2) is 17.8. The highest BCUT2D eigenvalue weighted by Crippen LogP contribution is 2.47. The van der Waals surface area contributed by atoms with Crippen molar-refractivity contribution < 1.29 is 8.83 Å². The summed E-state index contributed by atoms with van der Waals surface area (Å²) < 4.78 is 15.3. The van der Waals surface area contributed by atoms with Gasteiger partial charge >= 0.3 is 0 Å². The van der Waals surface area contributed by atoms with E-state index in [2.05, 4.69) is 185 Å². The van der Waals surface area contributed by atoms with Gasteiger partial charge in [-0.05, 0) is 112 Å². The van der Waals surface area contributed by atoms with Crippen LogP contribution in [0.4, 0.5) is 5.69 Å². The molecule has 0 aliphatic carbocycles. The first kappa shape index (κ1) is 43.9. The zero-order chi connectivity index (χ0) is 51.0. The Kier molecular flexibility index (Phi) is 10.1. The maximum absolute atomic E-state index is 8.51. The quantitative estimate of drug-likeness (QED) is 0.142. The van der Waals surface area contributed by atoms with Crippen LogP contribution in [0.15, 0.2) is 258 Å². The number of benzene rings is 11. The Morgan fingerprint density at radius 3 is 1.25 bits per heavy atom. The lowest BCUT2D eigenvalue weighted by atomic mass is 9.92. The maximum atomic E-state index is 8.51. The molecule has 0 atom stereocenters. The molecular formula is C70H41N5O2. The number of hydrogen-bond donors (Lipinski definition) is 0. The lowest BCUT2D eigenvalue weighted by Gasteiger charge is -2.21. The molecule has 0 fully saturated rings. The van der Waals surface area contributed by atoms with Crippen molar-refractivity contribution in [1.29, 1.82) is 0 Å². The van der Waals surface area contributed by atoms with Crippen LogP contribution in [0.25, 0.3) is 155 Å². The largest absolute Gasteiger partial charge is 0.456 e. The molecule has 7 nitrogen and oxygen atoms in total. The summed E-state index contributed by atoms with van der Waals surface area (Å²) >= 11 is 0. The number of nitrogens with zero attached hydrogens (tertiary/aromatic N) is 5. The third-order valence-electron chi connectivity index (χ3n) is 14.9. The van der Waals surface area contributed by atoms with E-state index in [9.17, 15) is 0 Å². The van der Waals surface area contributed by atoms with Gasteiger partial charge in [-0.3, -0.25) is 0 Å².